The molecule has 228 valence electrons. The third-order valence-corrected chi connectivity index (χ3v) is 10.2. The predicted molar refractivity (Wildman–Crippen MR) is 165 cm³/mol. The van der Waals surface area contributed by atoms with Gasteiger partial charge in [0.1, 0.15) is 11.6 Å². The van der Waals surface area contributed by atoms with E-state index in [2.05, 4.69) is 10.3 Å². The molecule has 1 amide bonds. The predicted octanol–water partition coefficient (Wildman–Crippen LogP) is 7.84. The molecule has 3 aliphatic rings. The molecule has 2 aromatic carbocycles. The Morgan fingerprint density at radius 2 is 1.91 bits per heavy atom. The molecule has 2 bridgehead atoms. The number of halogens is 5. The SMILES string of the molecule is O=C(C1=C(c2cnc(COCCOc3c(F)ccc(Cl)c3F)s2)CC2CCCC1N2)N(Cc1cccc(Cl)c1Cl)C1CC1. The van der Waals surface area contributed by atoms with E-state index < -0.39 is 17.4 Å². The quantitative estimate of drug-likeness (QED) is 0.167. The van der Waals surface area contributed by atoms with Crippen molar-refractivity contribution in [2.24, 2.45) is 0 Å². The van der Waals surface area contributed by atoms with E-state index in [9.17, 15) is 13.6 Å². The molecule has 2 fully saturated rings. The van der Waals surface area contributed by atoms with Gasteiger partial charge in [0, 0.05) is 36.4 Å². The zero-order valence-corrected chi connectivity index (χ0v) is 26.3. The lowest BCUT2D eigenvalue weighted by Crippen LogP contribution is -2.51. The van der Waals surface area contributed by atoms with E-state index in [1.54, 1.807) is 6.07 Å². The lowest BCUT2D eigenvalue weighted by molar-refractivity contribution is -0.128. The summed E-state index contributed by atoms with van der Waals surface area (Å²) in [6, 6.07) is 8.20. The number of nitrogens with one attached hydrogen (secondary N) is 1. The van der Waals surface area contributed by atoms with Crippen molar-refractivity contribution in [3.8, 4) is 5.75 Å². The normalized spacial score (nSPS) is 19.9. The molecule has 1 N–H and O–H groups in total. The highest BCUT2D eigenvalue weighted by molar-refractivity contribution is 7.12. The van der Waals surface area contributed by atoms with Crippen molar-refractivity contribution in [1.82, 2.24) is 15.2 Å². The minimum Gasteiger partial charge on any atom is -0.485 e. The minimum absolute atomic E-state index is 0.0164. The van der Waals surface area contributed by atoms with Crippen LogP contribution < -0.4 is 10.1 Å². The summed E-state index contributed by atoms with van der Waals surface area (Å²) < 4.78 is 38.8. The number of aromatic nitrogens is 1. The fourth-order valence-corrected chi connectivity index (χ4v) is 7.22. The van der Waals surface area contributed by atoms with Gasteiger partial charge >= 0.3 is 0 Å². The number of rotatable bonds is 11. The highest BCUT2D eigenvalue weighted by Crippen LogP contribution is 2.41. The van der Waals surface area contributed by atoms with Gasteiger partial charge in [0.15, 0.2) is 17.4 Å². The van der Waals surface area contributed by atoms with Crippen molar-refractivity contribution in [3.05, 3.63) is 84.3 Å². The topological polar surface area (TPSA) is 63.7 Å². The standard InChI is InChI=1S/C31H30Cl3F2N3O3S/c32-21-5-1-3-17(28(21)34)15-39(19-7-8-19)31(40)27-20(13-18-4-2-6-24(27)38-18)25-14-37-26(43-25)16-41-11-12-42-30-23(35)10-9-22(33)29(30)36/h1,3,5,9-10,14,18-19,24,38H,2,4,6-8,11-13,15-16H2. The van der Waals surface area contributed by atoms with Gasteiger partial charge in [-0.1, -0.05) is 46.9 Å². The van der Waals surface area contributed by atoms with E-state index in [0.717, 1.165) is 77.3 Å². The second-order valence-electron chi connectivity index (χ2n) is 11.0. The smallest absolute Gasteiger partial charge is 0.252 e. The average Bonchev–Trinajstić information content (AvgIpc) is 3.73. The van der Waals surface area contributed by atoms with Crippen molar-refractivity contribution in [2.75, 3.05) is 13.2 Å². The fraction of sp³-hybridized carbons (Fsp3) is 0.419. The van der Waals surface area contributed by atoms with Crippen LogP contribution in [0.1, 0.15) is 54.0 Å². The largest absolute Gasteiger partial charge is 0.485 e. The van der Waals surface area contributed by atoms with Crippen LogP contribution in [0.15, 0.2) is 42.1 Å². The maximum atomic E-state index is 14.3. The molecule has 6 rings (SSSR count). The summed E-state index contributed by atoms with van der Waals surface area (Å²) in [6.07, 6.45) is 7.54. The van der Waals surface area contributed by atoms with E-state index in [1.165, 1.54) is 11.3 Å². The van der Waals surface area contributed by atoms with E-state index in [1.807, 2.05) is 23.2 Å². The molecule has 12 heteroatoms. The first-order valence-electron chi connectivity index (χ1n) is 14.3. The molecule has 3 aromatic rings. The number of carbonyl (C=O) groups is 1. The number of nitrogens with zero attached hydrogens (tertiary/aromatic N) is 2. The van der Waals surface area contributed by atoms with Crippen molar-refractivity contribution < 1.29 is 23.0 Å². The summed E-state index contributed by atoms with van der Waals surface area (Å²) in [6.45, 7) is 0.655. The number of hydrogen-bond acceptors (Lipinski definition) is 6. The average molecular weight is 669 g/mol. The van der Waals surface area contributed by atoms with Crippen molar-refractivity contribution in [2.45, 2.75) is 69.8 Å². The molecule has 6 nitrogen and oxygen atoms in total. The van der Waals surface area contributed by atoms with Gasteiger partial charge in [-0.05, 0) is 67.9 Å². The number of fused-ring (bicyclic) bond motifs is 2. The molecular formula is C31H30Cl3F2N3O3S. The summed E-state index contributed by atoms with van der Waals surface area (Å²) in [7, 11) is 0. The van der Waals surface area contributed by atoms with Crippen LogP contribution in [0.4, 0.5) is 8.78 Å². The Hall–Kier alpha value is -2.27. The van der Waals surface area contributed by atoms with E-state index >= 15 is 0 Å². The van der Waals surface area contributed by atoms with E-state index in [-0.39, 0.29) is 42.8 Å². The van der Waals surface area contributed by atoms with Crippen molar-refractivity contribution in [1.29, 1.82) is 0 Å². The third-order valence-electron chi connectivity index (χ3n) is 8.01. The zero-order valence-electron chi connectivity index (χ0n) is 23.2. The molecule has 2 aliphatic heterocycles. The van der Waals surface area contributed by atoms with E-state index in [0.29, 0.717) is 22.6 Å². The van der Waals surface area contributed by atoms with Crippen LogP contribution >= 0.6 is 46.1 Å². The summed E-state index contributed by atoms with van der Waals surface area (Å²) >= 11 is 20.0. The Morgan fingerprint density at radius 1 is 1.07 bits per heavy atom. The van der Waals surface area contributed by atoms with Gasteiger partial charge in [-0.15, -0.1) is 11.3 Å². The maximum absolute atomic E-state index is 14.3. The molecule has 1 aromatic heterocycles. The van der Waals surface area contributed by atoms with Crippen LogP contribution in [0.5, 0.6) is 5.75 Å². The number of ether oxygens (including phenoxy) is 2. The molecule has 3 heterocycles. The molecule has 1 saturated heterocycles. The molecule has 0 radical (unpaired) electrons. The zero-order chi connectivity index (χ0) is 30.1. The summed E-state index contributed by atoms with van der Waals surface area (Å²) in [4.78, 5) is 21.8. The highest BCUT2D eigenvalue weighted by atomic mass is 35.5. The van der Waals surface area contributed by atoms with Crippen molar-refractivity contribution >= 4 is 57.6 Å². The fourth-order valence-electron chi connectivity index (χ4n) is 5.77. The highest BCUT2D eigenvalue weighted by Gasteiger charge is 2.41. The van der Waals surface area contributed by atoms with Crippen LogP contribution in [-0.2, 0) is 22.7 Å². The molecule has 2 unspecified atom stereocenters. The van der Waals surface area contributed by atoms with Gasteiger partial charge in [0.25, 0.3) is 5.91 Å². The number of piperidine rings is 1. The second-order valence-corrected chi connectivity index (χ2v) is 13.3. The molecule has 0 spiro atoms. The van der Waals surface area contributed by atoms with Gasteiger partial charge in [-0.2, -0.15) is 0 Å². The Bertz CT molecular complexity index is 1550. The Balaban J connectivity index is 1.17. The molecule has 1 aliphatic carbocycles. The van der Waals surface area contributed by atoms with Crippen LogP contribution in [0.2, 0.25) is 15.1 Å². The lowest BCUT2D eigenvalue weighted by Gasteiger charge is -2.40. The number of hydrogen-bond donors (Lipinski definition) is 1. The van der Waals surface area contributed by atoms with Gasteiger partial charge in [-0.3, -0.25) is 4.79 Å². The first-order valence-corrected chi connectivity index (χ1v) is 16.3. The molecule has 43 heavy (non-hydrogen) atoms. The number of amides is 1. The maximum Gasteiger partial charge on any atom is 0.252 e. The number of thiazole rings is 1. The Morgan fingerprint density at radius 3 is 2.72 bits per heavy atom. The number of benzene rings is 2. The second kappa shape index (κ2) is 13.4. The van der Waals surface area contributed by atoms with Gasteiger partial charge in [0.05, 0.1) is 33.2 Å². The minimum atomic E-state index is -0.937. The molecular weight excluding hydrogens is 639 g/mol. The Kier molecular flexibility index (Phi) is 9.57. The first kappa shape index (κ1) is 30.7. The summed E-state index contributed by atoms with van der Waals surface area (Å²) in [5, 5.41) is 5.18. The third kappa shape index (κ3) is 6.87. The van der Waals surface area contributed by atoms with Gasteiger partial charge in [0.2, 0.25) is 0 Å². The van der Waals surface area contributed by atoms with Gasteiger partial charge in [-0.25, -0.2) is 13.8 Å². The lowest BCUT2D eigenvalue weighted by atomic mass is 9.81. The van der Waals surface area contributed by atoms with Crippen molar-refractivity contribution in [3.63, 3.8) is 0 Å². The van der Waals surface area contributed by atoms with Crippen LogP contribution in [0, 0.1) is 11.6 Å². The van der Waals surface area contributed by atoms with Gasteiger partial charge < -0.3 is 19.7 Å². The van der Waals surface area contributed by atoms with E-state index in [4.69, 9.17) is 44.3 Å². The van der Waals surface area contributed by atoms with Crippen LogP contribution in [-0.4, -0.2) is 47.1 Å². The first-order chi connectivity index (χ1) is 20.8. The molecule has 2 atom stereocenters. The Labute approximate surface area is 267 Å². The monoisotopic (exact) mass is 667 g/mol. The number of carbonyl (C=O) groups excluding carboxylic acids is 1. The molecule has 1 saturated carbocycles. The summed E-state index contributed by atoms with van der Waals surface area (Å²) in [5.74, 6) is -2.25. The van der Waals surface area contributed by atoms with Crippen LogP contribution in [0.25, 0.3) is 5.57 Å². The van der Waals surface area contributed by atoms with Crippen LogP contribution in [0.3, 0.4) is 0 Å². The summed E-state index contributed by atoms with van der Waals surface area (Å²) in [5.41, 5.74) is 2.69.